The predicted octanol–water partition coefficient (Wildman–Crippen LogP) is 0.188. The maximum Gasteiger partial charge on any atom is 0.193 e. The number of nitrogens with one attached hydrogen (secondary N) is 1. The summed E-state index contributed by atoms with van der Waals surface area (Å²) in [4.78, 5) is 3.92. The van der Waals surface area contributed by atoms with Crippen LogP contribution in [-0.4, -0.2) is 42.9 Å². The van der Waals surface area contributed by atoms with Crippen LogP contribution in [-0.2, 0) is 0 Å². The molecule has 1 fully saturated rings. The Morgan fingerprint density at radius 3 is 2.00 bits per heavy atom. The summed E-state index contributed by atoms with van der Waals surface area (Å²) in [6.45, 7) is 2.06. The molecule has 0 aromatic rings. The van der Waals surface area contributed by atoms with E-state index in [4.69, 9.17) is 5.41 Å². The average Bonchev–Trinajstić information content (AvgIpc) is 1.83. The molecule has 0 aliphatic carbocycles. The first-order valence-corrected chi connectivity index (χ1v) is 3.22. The van der Waals surface area contributed by atoms with Gasteiger partial charge in [0.1, 0.15) is 0 Å². The summed E-state index contributed by atoms with van der Waals surface area (Å²) in [7, 11) is 3.91. The van der Waals surface area contributed by atoms with Gasteiger partial charge in [-0.2, -0.15) is 0 Å². The molecule has 0 bridgehead atoms. The Kier molecular flexibility index (Phi) is 1.60. The van der Waals surface area contributed by atoms with Crippen LogP contribution >= 0.6 is 0 Å². The maximum atomic E-state index is 7.45. The van der Waals surface area contributed by atoms with Crippen molar-refractivity contribution in [3.63, 3.8) is 0 Å². The fourth-order valence-electron chi connectivity index (χ4n) is 1.05. The molecule has 1 N–H and O–H groups in total. The Labute approximate surface area is 55.8 Å². The molecule has 1 rings (SSSR count). The van der Waals surface area contributed by atoms with E-state index in [1.807, 2.05) is 23.9 Å². The number of guanidine groups is 1. The summed E-state index contributed by atoms with van der Waals surface area (Å²) in [6, 6.07) is 0. The highest BCUT2D eigenvalue weighted by molar-refractivity contribution is 5.76. The molecule has 0 radical (unpaired) electrons. The topological polar surface area (TPSA) is 30.3 Å². The highest BCUT2D eigenvalue weighted by atomic mass is 15.4. The summed E-state index contributed by atoms with van der Waals surface area (Å²) in [5.74, 6) is 0.640. The van der Waals surface area contributed by atoms with E-state index < -0.39 is 0 Å². The SMILES string of the molecule is CN1CCCN(C)C1=N. The largest absolute Gasteiger partial charge is 0.346 e. The van der Waals surface area contributed by atoms with Crippen LogP contribution in [0.1, 0.15) is 6.42 Å². The van der Waals surface area contributed by atoms with Crippen LogP contribution in [0.3, 0.4) is 0 Å². The van der Waals surface area contributed by atoms with Gasteiger partial charge in [0.2, 0.25) is 0 Å². The molecule has 52 valence electrons. The Morgan fingerprint density at radius 1 is 1.22 bits per heavy atom. The molecule has 0 amide bonds. The van der Waals surface area contributed by atoms with Gasteiger partial charge in [-0.15, -0.1) is 0 Å². The normalized spacial score (nSPS) is 20.9. The lowest BCUT2D eigenvalue weighted by Gasteiger charge is -2.33. The lowest BCUT2D eigenvalue weighted by molar-refractivity contribution is 0.315. The highest BCUT2D eigenvalue weighted by Gasteiger charge is 2.14. The van der Waals surface area contributed by atoms with Crippen molar-refractivity contribution in [2.75, 3.05) is 27.2 Å². The average molecular weight is 127 g/mol. The first kappa shape index (κ1) is 6.39. The first-order valence-electron chi connectivity index (χ1n) is 3.22. The summed E-state index contributed by atoms with van der Waals surface area (Å²) in [5, 5.41) is 7.45. The van der Waals surface area contributed by atoms with Crippen LogP contribution in [0.15, 0.2) is 0 Å². The predicted molar refractivity (Wildman–Crippen MR) is 37.6 cm³/mol. The van der Waals surface area contributed by atoms with E-state index in [0.717, 1.165) is 13.1 Å². The van der Waals surface area contributed by atoms with Gasteiger partial charge in [-0.1, -0.05) is 0 Å². The molecule has 0 spiro atoms. The van der Waals surface area contributed by atoms with Crippen LogP contribution in [0, 0.1) is 5.41 Å². The Hall–Kier alpha value is -0.730. The quantitative estimate of drug-likeness (QED) is 0.503. The monoisotopic (exact) mass is 127 g/mol. The molecule has 3 nitrogen and oxygen atoms in total. The van der Waals surface area contributed by atoms with Crippen molar-refractivity contribution in [2.45, 2.75) is 6.42 Å². The van der Waals surface area contributed by atoms with Crippen LogP contribution in [0.5, 0.6) is 0 Å². The van der Waals surface area contributed by atoms with Crippen molar-refractivity contribution in [3.05, 3.63) is 0 Å². The zero-order chi connectivity index (χ0) is 6.85. The van der Waals surface area contributed by atoms with Gasteiger partial charge in [0.25, 0.3) is 0 Å². The summed E-state index contributed by atoms with van der Waals surface area (Å²) in [6.07, 6.45) is 1.18. The third-order valence-electron chi connectivity index (χ3n) is 1.71. The molecule has 3 heteroatoms. The zero-order valence-electron chi connectivity index (χ0n) is 6.02. The van der Waals surface area contributed by atoms with Gasteiger partial charge in [-0.25, -0.2) is 0 Å². The molecular weight excluding hydrogens is 114 g/mol. The summed E-state index contributed by atoms with van der Waals surface area (Å²) < 4.78 is 0. The molecule has 0 atom stereocenters. The minimum atomic E-state index is 0.640. The van der Waals surface area contributed by atoms with E-state index >= 15 is 0 Å². The molecule has 1 saturated heterocycles. The first-order chi connectivity index (χ1) is 4.22. The van der Waals surface area contributed by atoms with E-state index in [1.54, 1.807) is 0 Å². The van der Waals surface area contributed by atoms with Gasteiger partial charge in [0, 0.05) is 27.2 Å². The number of rotatable bonds is 0. The molecule has 1 aliphatic heterocycles. The smallest absolute Gasteiger partial charge is 0.193 e. The Balaban J connectivity index is 2.52. The van der Waals surface area contributed by atoms with Crippen LogP contribution in [0.25, 0.3) is 0 Å². The molecule has 0 aromatic heterocycles. The molecule has 1 heterocycles. The van der Waals surface area contributed by atoms with E-state index in [-0.39, 0.29) is 0 Å². The van der Waals surface area contributed by atoms with Gasteiger partial charge in [-0.05, 0) is 6.42 Å². The van der Waals surface area contributed by atoms with Gasteiger partial charge in [0.05, 0.1) is 0 Å². The number of nitrogens with zero attached hydrogens (tertiary/aromatic N) is 2. The summed E-state index contributed by atoms with van der Waals surface area (Å²) in [5.41, 5.74) is 0. The van der Waals surface area contributed by atoms with E-state index in [1.165, 1.54) is 6.42 Å². The van der Waals surface area contributed by atoms with Gasteiger partial charge >= 0.3 is 0 Å². The molecule has 1 aliphatic rings. The zero-order valence-corrected chi connectivity index (χ0v) is 6.02. The lowest BCUT2D eigenvalue weighted by atomic mass is 10.3. The van der Waals surface area contributed by atoms with Crippen molar-refractivity contribution < 1.29 is 0 Å². The standard InChI is InChI=1S/C6H13N3/c1-8-4-3-5-9(2)6(8)7/h7H,3-5H2,1-2H3. The number of hydrogen-bond donors (Lipinski definition) is 1. The van der Waals surface area contributed by atoms with Gasteiger partial charge in [-0.3, -0.25) is 5.41 Å². The second-order valence-electron chi connectivity index (χ2n) is 2.52. The molecule has 0 unspecified atom stereocenters. The minimum Gasteiger partial charge on any atom is -0.346 e. The van der Waals surface area contributed by atoms with E-state index in [9.17, 15) is 0 Å². The van der Waals surface area contributed by atoms with Crippen molar-refractivity contribution in [3.8, 4) is 0 Å². The maximum absolute atomic E-state index is 7.45. The summed E-state index contributed by atoms with van der Waals surface area (Å²) >= 11 is 0. The second kappa shape index (κ2) is 2.25. The molecular formula is C6H13N3. The molecule has 0 aromatic carbocycles. The van der Waals surface area contributed by atoms with Crippen LogP contribution in [0.4, 0.5) is 0 Å². The van der Waals surface area contributed by atoms with Crippen molar-refractivity contribution in [1.29, 1.82) is 5.41 Å². The molecule has 0 saturated carbocycles. The Bertz CT molecular complexity index is 109. The van der Waals surface area contributed by atoms with E-state index in [2.05, 4.69) is 0 Å². The fraction of sp³-hybridized carbons (Fsp3) is 0.833. The van der Waals surface area contributed by atoms with Gasteiger partial charge in [0.15, 0.2) is 5.96 Å². The van der Waals surface area contributed by atoms with Crippen LogP contribution < -0.4 is 0 Å². The second-order valence-corrected chi connectivity index (χ2v) is 2.52. The fourth-order valence-corrected chi connectivity index (χ4v) is 1.05. The third-order valence-corrected chi connectivity index (χ3v) is 1.71. The highest BCUT2D eigenvalue weighted by Crippen LogP contribution is 2.01. The minimum absolute atomic E-state index is 0.640. The van der Waals surface area contributed by atoms with Gasteiger partial charge < -0.3 is 9.80 Å². The lowest BCUT2D eigenvalue weighted by Crippen LogP contribution is -2.45. The Morgan fingerprint density at radius 2 is 1.67 bits per heavy atom. The van der Waals surface area contributed by atoms with Crippen molar-refractivity contribution in [2.24, 2.45) is 0 Å². The third kappa shape index (κ3) is 1.15. The van der Waals surface area contributed by atoms with Crippen molar-refractivity contribution >= 4 is 5.96 Å². The number of hydrogen-bond acceptors (Lipinski definition) is 1. The van der Waals surface area contributed by atoms with Crippen LogP contribution in [0.2, 0.25) is 0 Å². The van der Waals surface area contributed by atoms with Crippen molar-refractivity contribution in [1.82, 2.24) is 9.80 Å². The van der Waals surface area contributed by atoms with E-state index in [0.29, 0.717) is 5.96 Å². The molecule has 9 heavy (non-hydrogen) atoms.